The van der Waals surface area contributed by atoms with Gasteiger partial charge in [0.1, 0.15) is 0 Å². The van der Waals surface area contributed by atoms with Gasteiger partial charge < -0.3 is 4.90 Å². The van der Waals surface area contributed by atoms with Crippen LogP contribution in [-0.4, -0.2) is 35.4 Å². The van der Waals surface area contributed by atoms with Gasteiger partial charge in [0, 0.05) is 36.7 Å². The molecule has 0 aliphatic carbocycles. The molecule has 2 rings (SSSR count). The minimum atomic E-state index is 0.540. The standard InChI is InChI=1S/C17H21BrN2/c1-20(12-9-15-7-10-19-11-8-15)14-17(13-18)16-5-3-2-4-6-16/h2-8,10-11,17H,9,12-14H2,1H3. The van der Waals surface area contributed by atoms with Gasteiger partial charge in [0.25, 0.3) is 0 Å². The molecule has 0 radical (unpaired) electrons. The summed E-state index contributed by atoms with van der Waals surface area (Å²) >= 11 is 3.64. The van der Waals surface area contributed by atoms with E-state index in [1.807, 2.05) is 12.4 Å². The second kappa shape index (κ2) is 8.18. The minimum absolute atomic E-state index is 0.540. The van der Waals surface area contributed by atoms with E-state index in [1.54, 1.807) is 0 Å². The summed E-state index contributed by atoms with van der Waals surface area (Å²) in [5.74, 6) is 0.540. The Labute approximate surface area is 130 Å². The Morgan fingerprint density at radius 1 is 1.10 bits per heavy atom. The topological polar surface area (TPSA) is 16.1 Å². The normalized spacial score (nSPS) is 12.6. The third kappa shape index (κ3) is 4.73. The zero-order valence-corrected chi connectivity index (χ0v) is 13.5. The molecule has 3 heteroatoms. The average Bonchev–Trinajstić information content (AvgIpc) is 2.52. The predicted octanol–water partition coefficient (Wildman–Crippen LogP) is 3.73. The molecule has 2 nitrogen and oxygen atoms in total. The number of nitrogens with zero attached hydrogens (tertiary/aromatic N) is 2. The van der Waals surface area contributed by atoms with Crippen LogP contribution in [0.3, 0.4) is 0 Å². The van der Waals surface area contributed by atoms with E-state index in [0.717, 1.165) is 24.8 Å². The largest absolute Gasteiger partial charge is 0.305 e. The van der Waals surface area contributed by atoms with Crippen LogP contribution in [0.15, 0.2) is 54.9 Å². The molecule has 2 aromatic rings. The van der Waals surface area contributed by atoms with Gasteiger partial charge in [-0.2, -0.15) is 0 Å². The molecule has 1 aromatic heterocycles. The first-order chi connectivity index (χ1) is 9.79. The summed E-state index contributed by atoms with van der Waals surface area (Å²) in [6.45, 7) is 2.14. The lowest BCUT2D eigenvalue weighted by molar-refractivity contribution is 0.323. The van der Waals surface area contributed by atoms with Gasteiger partial charge in [0.05, 0.1) is 0 Å². The maximum Gasteiger partial charge on any atom is 0.0270 e. The first-order valence-corrected chi connectivity index (χ1v) is 8.10. The highest BCUT2D eigenvalue weighted by molar-refractivity contribution is 9.09. The Morgan fingerprint density at radius 3 is 2.45 bits per heavy atom. The van der Waals surface area contributed by atoms with Crippen molar-refractivity contribution in [2.24, 2.45) is 0 Å². The monoisotopic (exact) mass is 332 g/mol. The van der Waals surface area contributed by atoms with Crippen molar-refractivity contribution in [3.63, 3.8) is 0 Å². The SMILES string of the molecule is CN(CCc1ccncc1)CC(CBr)c1ccccc1. The van der Waals surface area contributed by atoms with Crippen molar-refractivity contribution in [3.8, 4) is 0 Å². The average molecular weight is 333 g/mol. The third-order valence-corrected chi connectivity index (χ3v) is 4.30. The molecule has 0 amide bonds. The van der Waals surface area contributed by atoms with Crippen LogP contribution in [0.4, 0.5) is 0 Å². The highest BCUT2D eigenvalue weighted by Gasteiger charge is 2.12. The van der Waals surface area contributed by atoms with Crippen molar-refractivity contribution < 1.29 is 0 Å². The van der Waals surface area contributed by atoms with Crippen LogP contribution < -0.4 is 0 Å². The second-order valence-electron chi connectivity index (χ2n) is 5.13. The number of benzene rings is 1. The molecule has 1 atom stereocenters. The van der Waals surface area contributed by atoms with E-state index in [0.29, 0.717) is 5.92 Å². The summed E-state index contributed by atoms with van der Waals surface area (Å²) in [4.78, 5) is 6.46. The number of hydrogen-bond acceptors (Lipinski definition) is 2. The highest BCUT2D eigenvalue weighted by atomic mass is 79.9. The van der Waals surface area contributed by atoms with Crippen molar-refractivity contribution in [2.45, 2.75) is 12.3 Å². The number of halogens is 1. The first kappa shape index (κ1) is 15.2. The molecule has 1 unspecified atom stereocenters. The van der Waals surface area contributed by atoms with Crippen molar-refractivity contribution in [1.82, 2.24) is 9.88 Å². The summed E-state index contributed by atoms with van der Waals surface area (Å²) in [5.41, 5.74) is 2.75. The van der Waals surface area contributed by atoms with Gasteiger partial charge >= 0.3 is 0 Å². The molecule has 0 saturated carbocycles. The summed E-state index contributed by atoms with van der Waals surface area (Å²) in [6, 6.07) is 14.9. The molecule has 0 saturated heterocycles. The number of alkyl halides is 1. The van der Waals surface area contributed by atoms with Gasteiger partial charge in [0.2, 0.25) is 0 Å². The summed E-state index contributed by atoms with van der Waals surface area (Å²) in [5, 5.41) is 0.997. The Hall–Kier alpha value is -1.19. The number of rotatable bonds is 7. The van der Waals surface area contributed by atoms with E-state index >= 15 is 0 Å². The number of likely N-dealkylation sites (N-methyl/N-ethyl adjacent to an activating group) is 1. The molecular formula is C17H21BrN2. The van der Waals surface area contributed by atoms with Crippen molar-refractivity contribution in [1.29, 1.82) is 0 Å². The maximum absolute atomic E-state index is 4.05. The van der Waals surface area contributed by atoms with E-state index in [2.05, 4.69) is 75.3 Å². The molecule has 20 heavy (non-hydrogen) atoms. The van der Waals surface area contributed by atoms with Crippen molar-refractivity contribution in [2.75, 3.05) is 25.5 Å². The fourth-order valence-corrected chi connectivity index (χ4v) is 2.88. The van der Waals surface area contributed by atoms with Gasteiger partial charge in [-0.15, -0.1) is 0 Å². The maximum atomic E-state index is 4.05. The van der Waals surface area contributed by atoms with Crippen LogP contribution in [0.2, 0.25) is 0 Å². The van der Waals surface area contributed by atoms with E-state index < -0.39 is 0 Å². The minimum Gasteiger partial charge on any atom is -0.305 e. The van der Waals surface area contributed by atoms with Crippen molar-refractivity contribution >= 4 is 15.9 Å². The van der Waals surface area contributed by atoms with Crippen LogP contribution in [0.1, 0.15) is 17.0 Å². The third-order valence-electron chi connectivity index (χ3n) is 3.52. The second-order valence-corrected chi connectivity index (χ2v) is 5.78. The molecule has 0 spiro atoms. The van der Waals surface area contributed by atoms with Gasteiger partial charge in [0.15, 0.2) is 0 Å². The molecule has 0 aliphatic rings. The Kier molecular flexibility index (Phi) is 6.22. The van der Waals surface area contributed by atoms with Gasteiger partial charge in [-0.1, -0.05) is 46.3 Å². The van der Waals surface area contributed by atoms with Crippen LogP contribution in [0, 0.1) is 0 Å². The van der Waals surface area contributed by atoms with Crippen molar-refractivity contribution in [3.05, 3.63) is 66.0 Å². The lowest BCUT2D eigenvalue weighted by atomic mass is 10.0. The highest BCUT2D eigenvalue weighted by Crippen LogP contribution is 2.19. The molecule has 1 heterocycles. The summed E-state index contributed by atoms with van der Waals surface area (Å²) in [6.07, 6.45) is 4.80. The Balaban J connectivity index is 1.85. The molecule has 0 fully saturated rings. The van der Waals surface area contributed by atoms with E-state index in [-0.39, 0.29) is 0 Å². The van der Waals surface area contributed by atoms with Crippen LogP contribution in [0.25, 0.3) is 0 Å². The van der Waals surface area contributed by atoms with E-state index in [1.165, 1.54) is 11.1 Å². The molecule has 106 valence electrons. The molecule has 0 N–H and O–H groups in total. The van der Waals surface area contributed by atoms with Crippen LogP contribution in [0.5, 0.6) is 0 Å². The van der Waals surface area contributed by atoms with Gasteiger partial charge in [-0.3, -0.25) is 4.98 Å². The van der Waals surface area contributed by atoms with Crippen LogP contribution in [-0.2, 0) is 6.42 Å². The molecule has 1 aromatic carbocycles. The zero-order chi connectivity index (χ0) is 14.2. The fourth-order valence-electron chi connectivity index (χ4n) is 2.31. The summed E-state index contributed by atoms with van der Waals surface area (Å²) < 4.78 is 0. The van der Waals surface area contributed by atoms with E-state index in [9.17, 15) is 0 Å². The van der Waals surface area contributed by atoms with E-state index in [4.69, 9.17) is 0 Å². The fraction of sp³-hybridized carbons (Fsp3) is 0.353. The first-order valence-electron chi connectivity index (χ1n) is 6.98. The molecule has 0 bridgehead atoms. The van der Waals surface area contributed by atoms with Gasteiger partial charge in [-0.25, -0.2) is 0 Å². The Morgan fingerprint density at radius 2 is 1.80 bits per heavy atom. The molecule has 0 aliphatic heterocycles. The predicted molar refractivity (Wildman–Crippen MR) is 88.4 cm³/mol. The smallest absolute Gasteiger partial charge is 0.0270 e. The zero-order valence-electron chi connectivity index (χ0n) is 11.9. The molecular weight excluding hydrogens is 312 g/mol. The lowest BCUT2D eigenvalue weighted by Crippen LogP contribution is -2.27. The summed E-state index contributed by atoms with van der Waals surface area (Å²) in [7, 11) is 2.19. The number of pyridine rings is 1. The van der Waals surface area contributed by atoms with Gasteiger partial charge in [-0.05, 0) is 36.7 Å². The number of aromatic nitrogens is 1. The number of hydrogen-bond donors (Lipinski definition) is 0. The quantitative estimate of drug-likeness (QED) is 0.718. The lowest BCUT2D eigenvalue weighted by Gasteiger charge is -2.23. The van der Waals surface area contributed by atoms with Crippen LogP contribution >= 0.6 is 15.9 Å². The Bertz CT molecular complexity index is 487.